The number of hydrogen-bond acceptors (Lipinski definition) is 1. The van der Waals surface area contributed by atoms with Crippen LogP contribution in [0, 0.1) is 5.82 Å². The predicted molar refractivity (Wildman–Crippen MR) is 89.6 cm³/mol. The molecule has 3 rings (SSSR count). The van der Waals surface area contributed by atoms with E-state index < -0.39 is 0 Å². The van der Waals surface area contributed by atoms with Crippen LogP contribution in [0.3, 0.4) is 0 Å². The van der Waals surface area contributed by atoms with E-state index in [0.717, 1.165) is 37.7 Å². The Labute approximate surface area is 132 Å². The Hall–Kier alpha value is -1.67. The van der Waals surface area contributed by atoms with E-state index in [1.54, 1.807) is 12.1 Å². The topological polar surface area (TPSA) is 26.0 Å². The van der Waals surface area contributed by atoms with Gasteiger partial charge in [0, 0.05) is 12.0 Å². The van der Waals surface area contributed by atoms with Gasteiger partial charge in [-0.15, -0.1) is 0 Å². The van der Waals surface area contributed by atoms with Gasteiger partial charge in [-0.25, -0.2) is 4.39 Å². The van der Waals surface area contributed by atoms with Gasteiger partial charge < -0.3 is 5.73 Å². The second-order valence-electron chi connectivity index (χ2n) is 6.34. The van der Waals surface area contributed by atoms with Crippen LogP contribution in [0.5, 0.6) is 0 Å². The molecule has 0 spiro atoms. The van der Waals surface area contributed by atoms with Crippen LogP contribution >= 0.6 is 0 Å². The van der Waals surface area contributed by atoms with Gasteiger partial charge in [-0.05, 0) is 66.5 Å². The maximum Gasteiger partial charge on any atom is 0.123 e. The number of fused-ring (bicyclic) bond motifs is 2. The molecule has 1 aliphatic carbocycles. The van der Waals surface area contributed by atoms with Crippen LogP contribution in [0.4, 0.5) is 4.39 Å². The zero-order chi connectivity index (χ0) is 15.5. The normalized spacial score (nSPS) is 18.2. The van der Waals surface area contributed by atoms with Crippen LogP contribution in [0.2, 0.25) is 0 Å². The van der Waals surface area contributed by atoms with Gasteiger partial charge in [0.05, 0.1) is 0 Å². The molecule has 0 amide bonds. The Morgan fingerprint density at radius 1 is 1.09 bits per heavy atom. The molecule has 2 aromatic rings. The van der Waals surface area contributed by atoms with E-state index >= 15 is 0 Å². The van der Waals surface area contributed by atoms with Crippen LogP contribution in [0.25, 0.3) is 0 Å². The second-order valence-corrected chi connectivity index (χ2v) is 6.34. The van der Waals surface area contributed by atoms with E-state index in [4.69, 9.17) is 5.73 Å². The number of halogens is 1. The molecule has 2 aromatic carbocycles. The predicted octanol–water partition coefficient (Wildman–Crippen LogP) is 4.57. The summed E-state index contributed by atoms with van der Waals surface area (Å²) in [6.45, 7) is 2.13. The Morgan fingerprint density at radius 3 is 2.64 bits per heavy atom. The second kappa shape index (κ2) is 6.62. The molecular weight excluding hydrogens is 273 g/mol. The van der Waals surface area contributed by atoms with Gasteiger partial charge in [0.1, 0.15) is 5.82 Å². The van der Waals surface area contributed by atoms with Crippen molar-refractivity contribution in [2.45, 2.75) is 51.0 Å². The van der Waals surface area contributed by atoms with Gasteiger partial charge in [-0.3, -0.25) is 0 Å². The SMILES string of the molecule is CCC(N)CCC1c2ccccc2CCc2cc(F)ccc21. The molecular formula is C20H24FN. The third kappa shape index (κ3) is 3.07. The Balaban J connectivity index is 2.01. The van der Waals surface area contributed by atoms with Gasteiger partial charge in [0.15, 0.2) is 0 Å². The molecule has 22 heavy (non-hydrogen) atoms. The van der Waals surface area contributed by atoms with Crippen LogP contribution in [0.15, 0.2) is 42.5 Å². The smallest absolute Gasteiger partial charge is 0.123 e. The highest BCUT2D eigenvalue weighted by Crippen LogP contribution is 2.37. The molecule has 2 N–H and O–H groups in total. The first-order valence-corrected chi connectivity index (χ1v) is 8.30. The number of hydrogen-bond donors (Lipinski definition) is 1. The summed E-state index contributed by atoms with van der Waals surface area (Å²) in [6, 6.07) is 14.2. The molecule has 0 saturated heterocycles. The van der Waals surface area contributed by atoms with Crippen molar-refractivity contribution in [1.29, 1.82) is 0 Å². The third-order valence-corrected chi connectivity index (χ3v) is 4.93. The van der Waals surface area contributed by atoms with Crippen molar-refractivity contribution in [3.8, 4) is 0 Å². The number of aryl methyl sites for hydroxylation is 2. The highest BCUT2D eigenvalue weighted by Gasteiger charge is 2.24. The van der Waals surface area contributed by atoms with Crippen molar-refractivity contribution in [3.05, 3.63) is 70.5 Å². The summed E-state index contributed by atoms with van der Waals surface area (Å²) in [6.07, 6.45) is 4.95. The fourth-order valence-electron chi connectivity index (χ4n) is 3.57. The van der Waals surface area contributed by atoms with Crippen LogP contribution < -0.4 is 5.73 Å². The maximum atomic E-state index is 13.6. The van der Waals surface area contributed by atoms with Crippen molar-refractivity contribution in [3.63, 3.8) is 0 Å². The highest BCUT2D eigenvalue weighted by atomic mass is 19.1. The largest absolute Gasteiger partial charge is 0.328 e. The van der Waals surface area contributed by atoms with Crippen LogP contribution in [0.1, 0.15) is 54.4 Å². The molecule has 116 valence electrons. The van der Waals surface area contributed by atoms with E-state index in [0.29, 0.717) is 5.92 Å². The van der Waals surface area contributed by atoms with Crippen molar-refractivity contribution in [1.82, 2.24) is 0 Å². The zero-order valence-corrected chi connectivity index (χ0v) is 13.2. The first-order chi connectivity index (χ1) is 10.7. The number of nitrogens with two attached hydrogens (primary N) is 1. The van der Waals surface area contributed by atoms with Gasteiger partial charge in [0.2, 0.25) is 0 Å². The molecule has 0 radical (unpaired) electrons. The van der Waals surface area contributed by atoms with E-state index in [2.05, 4.69) is 31.2 Å². The Bertz CT molecular complexity index is 650. The standard InChI is InChI=1S/C20H24FN/c1-2-17(22)10-12-20-18-6-4-3-5-14(18)7-8-15-13-16(21)9-11-19(15)20/h3-6,9,11,13,17,20H,2,7-8,10,12,22H2,1H3. The first-order valence-electron chi connectivity index (χ1n) is 8.30. The van der Waals surface area contributed by atoms with E-state index in [-0.39, 0.29) is 11.9 Å². The van der Waals surface area contributed by atoms with Crippen molar-refractivity contribution in [2.75, 3.05) is 0 Å². The summed E-state index contributed by atoms with van der Waals surface area (Å²) in [5.74, 6) is 0.209. The lowest BCUT2D eigenvalue weighted by atomic mass is 9.84. The van der Waals surface area contributed by atoms with Gasteiger partial charge in [-0.2, -0.15) is 0 Å². The lowest BCUT2D eigenvalue weighted by Gasteiger charge is -2.22. The van der Waals surface area contributed by atoms with Gasteiger partial charge in [0.25, 0.3) is 0 Å². The van der Waals surface area contributed by atoms with Crippen LogP contribution in [-0.2, 0) is 12.8 Å². The van der Waals surface area contributed by atoms with Crippen molar-refractivity contribution < 1.29 is 4.39 Å². The third-order valence-electron chi connectivity index (χ3n) is 4.93. The Morgan fingerprint density at radius 2 is 1.82 bits per heavy atom. The molecule has 0 saturated carbocycles. The lowest BCUT2D eigenvalue weighted by Crippen LogP contribution is -2.19. The van der Waals surface area contributed by atoms with Gasteiger partial charge >= 0.3 is 0 Å². The molecule has 0 fully saturated rings. The van der Waals surface area contributed by atoms with E-state index in [9.17, 15) is 4.39 Å². The van der Waals surface area contributed by atoms with Crippen molar-refractivity contribution in [2.24, 2.45) is 5.73 Å². The summed E-state index contributed by atoms with van der Waals surface area (Å²) >= 11 is 0. The molecule has 2 atom stereocenters. The lowest BCUT2D eigenvalue weighted by molar-refractivity contribution is 0.541. The fraction of sp³-hybridized carbons (Fsp3) is 0.400. The average molecular weight is 297 g/mol. The summed E-state index contributed by atoms with van der Waals surface area (Å²) in [5, 5.41) is 0. The van der Waals surface area contributed by atoms with Crippen molar-refractivity contribution >= 4 is 0 Å². The summed E-state index contributed by atoms with van der Waals surface area (Å²) in [7, 11) is 0. The summed E-state index contributed by atoms with van der Waals surface area (Å²) in [5.41, 5.74) is 11.4. The first kappa shape index (κ1) is 15.2. The number of rotatable bonds is 4. The molecule has 1 nitrogen and oxygen atoms in total. The fourth-order valence-corrected chi connectivity index (χ4v) is 3.57. The number of benzene rings is 2. The molecule has 1 aliphatic rings. The van der Waals surface area contributed by atoms with E-state index in [1.807, 2.05) is 6.07 Å². The van der Waals surface area contributed by atoms with Gasteiger partial charge in [-0.1, -0.05) is 37.3 Å². The minimum atomic E-state index is -0.131. The summed E-state index contributed by atoms with van der Waals surface area (Å²) < 4.78 is 13.6. The molecule has 0 aliphatic heterocycles. The zero-order valence-electron chi connectivity index (χ0n) is 13.2. The molecule has 0 bridgehead atoms. The minimum absolute atomic E-state index is 0.131. The quantitative estimate of drug-likeness (QED) is 0.878. The highest BCUT2D eigenvalue weighted by molar-refractivity contribution is 5.45. The molecule has 0 heterocycles. The van der Waals surface area contributed by atoms with E-state index in [1.165, 1.54) is 16.7 Å². The molecule has 0 aromatic heterocycles. The Kier molecular flexibility index (Phi) is 4.58. The minimum Gasteiger partial charge on any atom is -0.328 e. The molecule has 2 heteroatoms. The summed E-state index contributed by atoms with van der Waals surface area (Å²) in [4.78, 5) is 0. The molecule has 2 unspecified atom stereocenters. The van der Waals surface area contributed by atoms with Crippen LogP contribution in [-0.4, -0.2) is 6.04 Å². The monoisotopic (exact) mass is 297 g/mol. The average Bonchev–Trinajstić information content (AvgIpc) is 2.69. The maximum absolute atomic E-state index is 13.6.